The van der Waals surface area contributed by atoms with Crippen molar-refractivity contribution < 1.29 is 19.8 Å². The standard InChI is InChI=1S/C25H26ClN5O3.ClH.H2O/c1-34-25(33)31(20-10-14-30(15-11-20)19-8-12-28-13-9-19)29-23-21(6-3-7-22(23)27)24(32)17-4-2-5-18(26)16-17;;/h2-9,12-13,16,20,29H,10-11,14-15,27H2,1H3;1H;1H2. The topological polar surface area (TPSA) is 132 Å². The summed E-state index contributed by atoms with van der Waals surface area (Å²) in [4.78, 5) is 32.3. The van der Waals surface area contributed by atoms with Gasteiger partial charge in [-0.25, -0.2) is 9.80 Å². The van der Waals surface area contributed by atoms with Crippen molar-refractivity contribution >= 4 is 52.9 Å². The molecule has 2 aromatic carbocycles. The normalized spacial score (nSPS) is 13.1. The summed E-state index contributed by atoms with van der Waals surface area (Å²) in [6.07, 6.45) is 4.39. The summed E-state index contributed by atoms with van der Waals surface area (Å²) in [7, 11) is 1.33. The average molecular weight is 534 g/mol. The van der Waals surface area contributed by atoms with Crippen LogP contribution in [0.15, 0.2) is 67.0 Å². The highest BCUT2D eigenvalue weighted by Crippen LogP contribution is 2.30. The van der Waals surface area contributed by atoms with Gasteiger partial charge in [0.15, 0.2) is 5.78 Å². The molecule has 1 aliphatic rings. The molecule has 0 atom stereocenters. The Balaban J connectivity index is 0.00000228. The van der Waals surface area contributed by atoms with Crippen LogP contribution < -0.4 is 16.1 Å². The largest absolute Gasteiger partial charge is 0.452 e. The molecule has 4 rings (SSSR count). The van der Waals surface area contributed by atoms with E-state index in [1.807, 2.05) is 12.1 Å². The summed E-state index contributed by atoms with van der Waals surface area (Å²) < 4.78 is 5.05. The first-order chi connectivity index (χ1) is 16.5. The maximum Gasteiger partial charge on any atom is 0.428 e. The summed E-state index contributed by atoms with van der Waals surface area (Å²) in [5.41, 5.74) is 11.9. The van der Waals surface area contributed by atoms with Gasteiger partial charge in [-0.05, 0) is 49.2 Å². The fourth-order valence-electron chi connectivity index (χ4n) is 4.11. The number of hydrazine groups is 1. The molecular formula is C25H29Cl2N5O4. The van der Waals surface area contributed by atoms with E-state index in [2.05, 4.69) is 15.3 Å². The SMILES string of the molecule is COC(=O)N(Nc1c(N)cccc1C(=O)c1cccc(Cl)c1)C1CCN(c2ccncc2)CC1.Cl.O. The zero-order valence-electron chi connectivity index (χ0n) is 19.7. The molecule has 0 radical (unpaired) electrons. The average Bonchev–Trinajstić information content (AvgIpc) is 2.87. The van der Waals surface area contributed by atoms with Gasteiger partial charge in [0, 0.05) is 47.3 Å². The van der Waals surface area contributed by atoms with Crippen molar-refractivity contribution in [1.29, 1.82) is 0 Å². The molecule has 0 saturated carbocycles. The minimum Gasteiger partial charge on any atom is -0.452 e. The van der Waals surface area contributed by atoms with Crippen LogP contribution in [0.2, 0.25) is 5.02 Å². The molecule has 9 nitrogen and oxygen atoms in total. The number of piperidine rings is 1. The first-order valence-corrected chi connectivity index (χ1v) is 11.3. The number of hydrogen-bond acceptors (Lipinski definition) is 7. The molecule has 11 heteroatoms. The Morgan fingerprint density at radius 2 is 1.78 bits per heavy atom. The van der Waals surface area contributed by atoms with E-state index in [1.54, 1.807) is 54.9 Å². The third-order valence-corrected chi connectivity index (χ3v) is 6.12. The number of ether oxygens (including phenoxy) is 1. The number of rotatable bonds is 6. The molecule has 1 aliphatic heterocycles. The van der Waals surface area contributed by atoms with Crippen LogP contribution >= 0.6 is 24.0 Å². The number of nitrogen functional groups attached to an aromatic ring is 1. The number of ketones is 1. The number of benzene rings is 2. The van der Waals surface area contributed by atoms with Gasteiger partial charge in [-0.2, -0.15) is 0 Å². The zero-order valence-corrected chi connectivity index (χ0v) is 21.3. The van der Waals surface area contributed by atoms with Crippen LogP contribution in [0.3, 0.4) is 0 Å². The lowest BCUT2D eigenvalue weighted by atomic mass is 10.0. The van der Waals surface area contributed by atoms with Crippen molar-refractivity contribution in [3.05, 3.63) is 83.1 Å². The van der Waals surface area contributed by atoms with E-state index in [0.29, 0.717) is 40.4 Å². The quantitative estimate of drug-likeness (QED) is 0.275. The van der Waals surface area contributed by atoms with E-state index in [4.69, 9.17) is 22.1 Å². The highest BCUT2D eigenvalue weighted by molar-refractivity contribution is 6.31. The molecule has 0 aliphatic carbocycles. The number of nitrogens with one attached hydrogen (secondary N) is 1. The summed E-state index contributed by atoms with van der Waals surface area (Å²) in [5, 5.41) is 1.89. The summed E-state index contributed by atoms with van der Waals surface area (Å²) in [5.74, 6) is -0.255. The second kappa shape index (κ2) is 13.0. The fraction of sp³-hybridized carbons (Fsp3) is 0.240. The van der Waals surface area contributed by atoms with Crippen LogP contribution in [0.4, 0.5) is 21.9 Å². The smallest absolute Gasteiger partial charge is 0.428 e. The van der Waals surface area contributed by atoms with Crippen LogP contribution in [0.5, 0.6) is 0 Å². The Labute approximate surface area is 220 Å². The van der Waals surface area contributed by atoms with E-state index < -0.39 is 6.09 Å². The maximum atomic E-state index is 13.3. The number of aromatic nitrogens is 1. The molecule has 1 saturated heterocycles. The first kappa shape index (κ1) is 28.7. The number of hydrogen-bond donors (Lipinski definition) is 2. The Hall–Kier alpha value is -3.53. The van der Waals surface area contributed by atoms with Crippen molar-refractivity contribution in [1.82, 2.24) is 9.99 Å². The van der Waals surface area contributed by atoms with Gasteiger partial charge in [-0.15, -0.1) is 12.4 Å². The Morgan fingerprint density at radius 1 is 1.11 bits per heavy atom. The van der Waals surface area contributed by atoms with Crippen molar-refractivity contribution in [2.24, 2.45) is 0 Å². The Bertz CT molecular complexity index is 1170. The lowest BCUT2D eigenvalue weighted by molar-refractivity contribution is 0.103. The number of nitrogens with zero attached hydrogens (tertiary/aromatic N) is 3. The van der Waals surface area contributed by atoms with E-state index in [1.165, 1.54) is 12.1 Å². The van der Waals surface area contributed by atoms with Gasteiger partial charge in [0.1, 0.15) is 0 Å². The number of carbonyl (C=O) groups excluding carboxylic acids is 2. The van der Waals surface area contributed by atoms with Crippen LogP contribution in [0, 0.1) is 0 Å². The monoisotopic (exact) mass is 533 g/mol. The third kappa shape index (κ3) is 6.37. The lowest BCUT2D eigenvalue weighted by Crippen LogP contribution is -2.50. The van der Waals surface area contributed by atoms with Gasteiger partial charge in [0.25, 0.3) is 0 Å². The second-order valence-electron chi connectivity index (χ2n) is 7.98. The number of nitrogens with two attached hydrogens (primary N) is 1. The molecule has 36 heavy (non-hydrogen) atoms. The van der Waals surface area contributed by atoms with Crippen LogP contribution in [-0.2, 0) is 4.74 Å². The molecule has 192 valence electrons. The first-order valence-electron chi connectivity index (χ1n) is 11.0. The predicted molar refractivity (Wildman–Crippen MR) is 144 cm³/mol. The Kier molecular flexibility index (Phi) is 10.3. The molecule has 3 aromatic rings. The maximum absolute atomic E-state index is 13.3. The Morgan fingerprint density at radius 3 is 2.42 bits per heavy atom. The number of anilines is 3. The second-order valence-corrected chi connectivity index (χ2v) is 8.42. The number of methoxy groups -OCH3 is 1. The van der Waals surface area contributed by atoms with Gasteiger partial charge < -0.3 is 20.8 Å². The molecule has 1 amide bonds. The highest BCUT2D eigenvalue weighted by Gasteiger charge is 2.30. The molecule has 1 fully saturated rings. The molecule has 5 N–H and O–H groups in total. The minimum absolute atomic E-state index is 0. The molecule has 0 spiro atoms. The molecule has 0 unspecified atom stereocenters. The minimum atomic E-state index is -0.549. The van der Waals surface area contributed by atoms with Crippen LogP contribution in [0.1, 0.15) is 28.8 Å². The third-order valence-electron chi connectivity index (χ3n) is 5.89. The van der Waals surface area contributed by atoms with Gasteiger partial charge in [-0.1, -0.05) is 29.8 Å². The van der Waals surface area contributed by atoms with Crippen molar-refractivity contribution in [3.63, 3.8) is 0 Å². The van der Waals surface area contributed by atoms with Crippen molar-refractivity contribution in [3.8, 4) is 0 Å². The molecule has 2 heterocycles. The van der Waals surface area contributed by atoms with Crippen LogP contribution in [0.25, 0.3) is 0 Å². The predicted octanol–water partition coefficient (Wildman–Crippen LogP) is 4.21. The van der Waals surface area contributed by atoms with Gasteiger partial charge in [-0.3, -0.25) is 15.2 Å². The van der Waals surface area contributed by atoms with E-state index >= 15 is 0 Å². The lowest BCUT2D eigenvalue weighted by Gasteiger charge is -2.39. The number of carbonyl (C=O) groups is 2. The van der Waals surface area contributed by atoms with E-state index in [-0.39, 0.29) is 29.7 Å². The van der Waals surface area contributed by atoms with Crippen LogP contribution in [-0.4, -0.2) is 53.6 Å². The summed E-state index contributed by atoms with van der Waals surface area (Å²) in [6.45, 7) is 1.50. The van der Waals surface area contributed by atoms with E-state index in [0.717, 1.165) is 18.8 Å². The zero-order chi connectivity index (χ0) is 24.1. The fourth-order valence-corrected chi connectivity index (χ4v) is 4.30. The number of amides is 1. The van der Waals surface area contributed by atoms with Gasteiger partial charge >= 0.3 is 6.09 Å². The van der Waals surface area contributed by atoms with Gasteiger partial charge in [0.05, 0.1) is 24.5 Å². The van der Waals surface area contributed by atoms with Crippen molar-refractivity contribution in [2.75, 3.05) is 36.3 Å². The number of pyridine rings is 1. The van der Waals surface area contributed by atoms with Crippen molar-refractivity contribution in [2.45, 2.75) is 18.9 Å². The highest BCUT2D eigenvalue weighted by atomic mass is 35.5. The number of halogens is 2. The summed E-state index contributed by atoms with van der Waals surface area (Å²) in [6, 6.07) is 15.5. The van der Waals surface area contributed by atoms with E-state index in [9.17, 15) is 9.59 Å². The summed E-state index contributed by atoms with van der Waals surface area (Å²) >= 11 is 6.08. The molecule has 0 bridgehead atoms. The number of para-hydroxylation sites is 1. The molecular weight excluding hydrogens is 505 g/mol. The molecule has 1 aromatic heterocycles. The van der Waals surface area contributed by atoms with Gasteiger partial charge in [0.2, 0.25) is 0 Å².